The fourth-order valence-corrected chi connectivity index (χ4v) is 4.11. The van der Waals surface area contributed by atoms with Crippen molar-refractivity contribution < 1.29 is 13.2 Å². The molecule has 1 fully saturated rings. The third-order valence-corrected chi connectivity index (χ3v) is 5.89. The summed E-state index contributed by atoms with van der Waals surface area (Å²) in [5.74, 6) is -0.294. The normalized spacial score (nSPS) is 17.5. The lowest BCUT2D eigenvalue weighted by Gasteiger charge is -2.20. The van der Waals surface area contributed by atoms with Gasteiger partial charge in [-0.05, 0) is 38.0 Å². The zero-order chi connectivity index (χ0) is 14.0. The molecule has 1 heterocycles. The molecule has 104 valence electrons. The summed E-state index contributed by atoms with van der Waals surface area (Å²) in [6.45, 7) is 2.80. The lowest BCUT2D eigenvalue weighted by atomic mass is 10.4. The molecule has 0 aromatic heterocycles. The molecule has 6 heteroatoms. The number of halogens is 1. The Balaban J connectivity index is 2.26. The van der Waals surface area contributed by atoms with Gasteiger partial charge >= 0.3 is 0 Å². The minimum Gasteiger partial charge on any atom is -0.342 e. The molecular weight excluding hydrogens is 330 g/mol. The van der Waals surface area contributed by atoms with Gasteiger partial charge in [0.05, 0.1) is 4.90 Å². The molecule has 1 amide bonds. The van der Waals surface area contributed by atoms with Gasteiger partial charge in [-0.1, -0.05) is 22.0 Å². The molecule has 1 aromatic carbocycles. The first-order valence-corrected chi connectivity index (χ1v) is 8.55. The van der Waals surface area contributed by atoms with E-state index in [-0.39, 0.29) is 10.8 Å². The Morgan fingerprint density at radius 2 is 1.95 bits per heavy atom. The monoisotopic (exact) mass is 345 g/mol. The van der Waals surface area contributed by atoms with Gasteiger partial charge in [-0.2, -0.15) is 0 Å². The van der Waals surface area contributed by atoms with E-state index >= 15 is 0 Å². The van der Waals surface area contributed by atoms with Crippen LogP contribution in [0.1, 0.15) is 19.8 Å². The summed E-state index contributed by atoms with van der Waals surface area (Å²) in [4.78, 5) is 14.0. The zero-order valence-corrected chi connectivity index (χ0v) is 13.1. The van der Waals surface area contributed by atoms with E-state index in [1.807, 2.05) is 0 Å². The fraction of sp³-hybridized carbons (Fsp3) is 0.462. The summed E-state index contributed by atoms with van der Waals surface area (Å²) in [6.07, 6.45) is 1.91. The quantitative estimate of drug-likeness (QED) is 0.843. The first-order chi connectivity index (χ1) is 8.93. The average Bonchev–Trinajstić information content (AvgIpc) is 2.90. The average molecular weight is 346 g/mol. The summed E-state index contributed by atoms with van der Waals surface area (Å²) in [6, 6.07) is 6.47. The lowest BCUT2D eigenvalue weighted by molar-refractivity contribution is -0.129. The van der Waals surface area contributed by atoms with Gasteiger partial charge in [0.1, 0.15) is 5.25 Å². The van der Waals surface area contributed by atoms with Crippen LogP contribution in [0.25, 0.3) is 0 Å². The van der Waals surface area contributed by atoms with Crippen LogP contribution in [0, 0.1) is 0 Å². The van der Waals surface area contributed by atoms with Crippen molar-refractivity contribution in [2.24, 2.45) is 0 Å². The first kappa shape index (κ1) is 14.5. The van der Waals surface area contributed by atoms with E-state index in [2.05, 4.69) is 15.9 Å². The van der Waals surface area contributed by atoms with Crippen LogP contribution >= 0.6 is 15.9 Å². The van der Waals surface area contributed by atoms with Crippen LogP contribution in [0.4, 0.5) is 0 Å². The second-order valence-corrected chi connectivity index (χ2v) is 7.86. The van der Waals surface area contributed by atoms with Crippen molar-refractivity contribution in [1.82, 2.24) is 4.90 Å². The van der Waals surface area contributed by atoms with Gasteiger partial charge < -0.3 is 4.90 Å². The van der Waals surface area contributed by atoms with E-state index in [1.165, 1.54) is 19.1 Å². The highest BCUT2D eigenvalue weighted by molar-refractivity contribution is 9.10. The van der Waals surface area contributed by atoms with Crippen molar-refractivity contribution in [3.8, 4) is 0 Å². The molecule has 1 aliphatic rings. The molecule has 0 aliphatic carbocycles. The molecule has 0 bridgehead atoms. The Labute approximate surface area is 121 Å². The maximum absolute atomic E-state index is 12.4. The minimum atomic E-state index is -3.62. The van der Waals surface area contributed by atoms with E-state index in [9.17, 15) is 13.2 Å². The molecule has 0 saturated carbocycles. The summed E-state index contributed by atoms with van der Waals surface area (Å²) in [5, 5.41) is -1.03. The number of carbonyl (C=O) groups is 1. The highest BCUT2D eigenvalue weighted by atomic mass is 79.9. The lowest BCUT2D eigenvalue weighted by Crippen LogP contribution is -2.39. The van der Waals surface area contributed by atoms with Crippen LogP contribution in [0.15, 0.2) is 33.6 Å². The van der Waals surface area contributed by atoms with Crippen LogP contribution in [-0.4, -0.2) is 37.6 Å². The van der Waals surface area contributed by atoms with Crippen molar-refractivity contribution >= 4 is 31.7 Å². The highest BCUT2D eigenvalue weighted by Crippen LogP contribution is 2.22. The number of hydrogen-bond donors (Lipinski definition) is 0. The van der Waals surface area contributed by atoms with E-state index in [4.69, 9.17) is 0 Å². The van der Waals surface area contributed by atoms with E-state index in [0.717, 1.165) is 12.8 Å². The number of rotatable bonds is 3. The molecular formula is C13H16BrNO3S. The molecule has 1 aromatic rings. The Morgan fingerprint density at radius 1 is 1.32 bits per heavy atom. The van der Waals surface area contributed by atoms with Crippen molar-refractivity contribution in [3.05, 3.63) is 28.7 Å². The predicted octanol–water partition coefficient (Wildman–Crippen LogP) is 2.23. The largest absolute Gasteiger partial charge is 0.342 e. The zero-order valence-electron chi connectivity index (χ0n) is 10.7. The minimum absolute atomic E-state index is 0.182. The molecule has 0 radical (unpaired) electrons. The van der Waals surface area contributed by atoms with Gasteiger partial charge in [-0.3, -0.25) is 4.79 Å². The van der Waals surface area contributed by atoms with Gasteiger partial charge in [-0.25, -0.2) is 8.42 Å². The van der Waals surface area contributed by atoms with Crippen LogP contribution in [0.5, 0.6) is 0 Å². The number of sulfone groups is 1. The fourth-order valence-electron chi connectivity index (χ4n) is 2.18. The standard InChI is InChI=1S/C13H16BrNO3S/c1-10(13(16)15-7-2-3-8-15)19(17,18)12-6-4-5-11(14)9-12/h4-6,9-10H,2-3,7-8H2,1H3. The number of carbonyl (C=O) groups excluding carboxylic acids is 1. The number of nitrogens with zero attached hydrogens (tertiary/aromatic N) is 1. The van der Waals surface area contributed by atoms with Crippen LogP contribution < -0.4 is 0 Å². The molecule has 19 heavy (non-hydrogen) atoms. The van der Waals surface area contributed by atoms with Crippen LogP contribution in [-0.2, 0) is 14.6 Å². The second-order valence-electron chi connectivity index (χ2n) is 4.68. The summed E-state index contributed by atoms with van der Waals surface area (Å²) in [7, 11) is -3.62. The van der Waals surface area contributed by atoms with E-state index in [1.54, 1.807) is 17.0 Å². The van der Waals surface area contributed by atoms with Crippen molar-refractivity contribution in [1.29, 1.82) is 0 Å². The van der Waals surface area contributed by atoms with Gasteiger partial charge in [0.15, 0.2) is 9.84 Å². The summed E-state index contributed by atoms with van der Waals surface area (Å²) < 4.78 is 25.5. The number of benzene rings is 1. The Morgan fingerprint density at radius 3 is 2.53 bits per heavy atom. The number of amides is 1. The first-order valence-electron chi connectivity index (χ1n) is 6.21. The Hall–Kier alpha value is -0.880. The van der Waals surface area contributed by atoms with Gasteiger partial charge in [-0.15, -0.1) is 0 Å². The van der Waals surface area contributed by atoms with Crippen molar-refractivity contribution in [2.45, 2.75) is 29.9 Å². The molecule has 2 rings (SSSR count). The second kappa shape index (κ2) is 5.63. The molecule has 0 N–H and O–H groups in total. The molecule has 1 unspecified atom stereocenters. The smallest absolute Gasteiger partial charge is 0.241 e. The highest BCUT2D eigenvalue weighted by Gasteiger charge is 2.33. The Kier molecular flexibility index (Phi) is 4.30. The SMILES string of the molecule is CC(C(=O)N1CCCC1)S(=O)(=O)c1cccc(Br)c1. The third kappa shape index (κ3) is 3.00. The molecule has 1 atom stereocenters. The van der Waals surface area contributed by atoms with Crippen LogP contribution in [0.2, 0.25) is 0 Å². The van der Waals surface area contributed by atoms with Gasteiger partial charge in [0.25, 0.3) is 0 Å². The van der Waals surface area contributed by atoms with Crippen LogP contribution in [0.3, 0.4) is 0 Å². The third-order valence-electron chi connectivity index (χ3n) is 3.36. The van der Waals surface area contributed by atoms with E-state index < -0.39 is 15.1 Å². The maximum Gasteiger partial charge on any atom is 0.241 e. The molecule has 1 saturated heterocycles. The molecule has 0 spiro atoms. The molecule has 4 nitrogen and oxygen atoms in total. The number of likely N-dealkylation sites (tertiary alicyclic amines) is 1. The van der Waals surface area contributed by atoms with Gasteiger partial charge in [0, 0.05) is 17.6 Å². The summed E-state index contributed by atoms with van der Waals surface area (Å²) in [5.41, 5.74) is 0. The number of hydrogen-bond acceptors (Lipinski definition) is 3. The summed E-state index contributed by atoms with van der Waals surface area (Å²) >= 11 is 3.25. The molecule has 1 aliphatic heterocycles. The maximum atomic E-state index is 12.4. The Bertz CT molecular complexity index is 579. The van der Waals surface area contributed by atoms with Crippen molar-refractivity contribution in [3.63, 3.8) is 0 Å². The van der Waals surface area contributed by atoms with Crippen molar-refractivity contribution in [2.75, 3.05) is 13.1 Å². The predicted molar refractivity (Wildman–Crippen MR) is 76.6 cm³/mol. The topological polar surface area (TPSA) is 54.5 Å². The van der Waals surface area contributed by atoms with Gasteiger partial charge in [0.2, 0.25) is 5.91 Å². The van der Waals surface area contributed by atoms with E-state index in [0.29, 0.717) is 17.6 Å².